The number of hydrogen-bond donors (Lipinski definition) is 1. The van der Waals surface area contributed by atoms with Crippen molar-refractivity contribution in [3.8, 4) is 0 Å². The number of unbranched alkanes of at least 4 members (excludes halogenated alkanes) is 7. The number of nitrogens with two attached hydrogens (primary N) is 1. The van der Waals surface area contributed by atoms with Crippen LogP contribution in [0.2, 0.25) is 0 Å². The molecule has 104 valence electrons. The van der Waals surface area contributed by atoms with E-state index in [1.54, 1.807) is 0 Å². The summed E-state index contributed by atoms with van der Waals surface area (Å²) in [7, 11) is 0. The van der Waals surface area contributed by atoms with Crippen molar-refractivity contribution in [3.05, 3.63) is 5.82 Å². The fourth-order valence-electron chi connectivity index (χ4n) is 2.10. The highest BCUT2D eigenvalue weighted by Crippen LogP contribution is 2.09. The molecule has 1 heterocycles. The molecule has 0 aromatic carbocycles. The molecule has 0 amide bonds. The summed E-state index contributed by atoms with van der Waals surface area (Å²) in [6.45, 7) is 3.79. The SMILES string of the molecule is CCCCCCCCCCn1nnnc1CCN. The lowest BCUT2D eigenvalue weighted by molar-refractivity contribution is 0.498. The van der Waals surface area contributed by atoms with Crippen molar-refractivity contribution in [1.29, 1.82) is 0 Å². The molecular formula is C13H27N5. The molecule has 18 heavy (non-hydrogen) atoms. The van der Waals surface area contributed by atoms with Crippen LogP contribution in [0.1, 0.15) is 64.1 Å². The van der Waals surface area contributed by atoms with Crippen molar-refractivity contribution in [2.24, 2.45) is 5.73 Å². The first-order valence-electron chi connectivity index (χ1n) is 7.33. The summed E-state index contributed by atoms with van der Waals surface area (Å²) in [6, 6.07) is 0. The predicted molar refractivity (Wildman–Crippen MR) is 73.2 cm³/mol. The normalized spacial score (nSPS) is 11.0. The summed E-state index contributed by atoms with van der Waals surface area (Å²) in [5, 5.41) is 11.7. The van der Waals surface area contributed by atoms with Gasteiger partial charge in [-0.25, -0.2) is 4.68 Å². The molecule has 2 N–H and O–H groups in total. The molecule has 0 aliphatic carbocycles. The van der Waals surface area contributed by atoms with Crippen LogP contribution in [-0.4, -0.2) is 26.8 Å². The molecule has 0 saturated carbocycles. The standard InChI is InChI=1S/C13H27N5/c1-2-3-4-5-6-7-8-9-12-18-13(10-11-14)15-16-17-18/h2-12,14H2,1H3. The van der Waals surface area contributed by atoms with Crippen LogP contribution in [0.15, 0.2) is 0 Å². The second-order valence-electron chi connectivity index (χ2n) is 4.83. The molecule has 0 atom stereocenters. The van der Waals surface area contributed by atoms with Crippen molar-refractivity contribution in [3.63, 3.8) is 0 Å². The molecule has 5 nitrogen and oxygen atoms in total. The van der Waals surface area contributed by atoms with Crippen molar-refractivity contribution >= 4 is 0 Å². The zero-order valence-corrected chi connectivity index (χ0v) is 11.6. The number of aryl methyl sites for hydroxylation is 1. The Labute approximate surface area is 110 Å². The fraction of sp³-hybridized carbons (Fsp3) is 0.923. The van der Waals surface area contributed by atoms with Crippen LogP contribution in [0, 0.1) is 0 Å². The molecule has 1 aromatic rings. The van der Waals surface area contributed by atoms with Crippen LogP contribution >= 0.6 is 0 Å². The van der Waals surface area contributed by atoms with Gasteiger partial charge in [-0.15, -0.1) is 5.10 Å². The Morgan fingerprint density at radius 1 is 1.00 bits per heavy atom. The highest BCUT2D eigenvalue weighted by Gasteiger charge is 2.03. The van der Waals surface area contributed by atoms with Gasteiger partial charge >= 0.3 is 0 Å². The molecule has 0 bridgehead atoms. The Morgan fingerprint density at radius 3 is 2.33 bits per heavy atom. The van der Waals surface area contributed by atoms with E-state index in [4.69, 9.17) is 5.73 Å². The number of nitrogens with zero attached hydrogens (tertiary/aromatic N) is 4. The smallest absolute Gasteiger partial charge is 0.152 e. The minimum absolute atomic E-state index is 0.609. The van der Waals surface area contributed by atoms with Crippen LogP contribution in [0.5, 0.6) is 0 Å². The maximum atomic E-state index is 5.51. The average Bonchev–Trinajstić information content (AvgIpc) is 2.81. The van der Waals surface area contributed by atoms with Gasteiger partial charge in [-0.1, -0.05) is 51.9 Å². The van der Waals surface area contributed by atoms with E-state index in [2.05, 4.69) is 22.4 Å². The maximum Gasteiger partial charge on any atom is 0.152 e. The Hall–Kier alpha value is -0.970. The van der Waals surface area contributed by atoms with Gasteiger partial charge in [-0.3, -0.25) is 0 Å². The molecule has 0 aliphatic rings. The Bertz CT molecular complexity index is 297. The Kier molecular flexibility index (Phi) is 8.38. The van der Waals surface area contributed by atoms with E-state index in [9.17, 15) is 0 Å². The van der Waals surface area contributed by atoms with Gasteiger partial charge in [0.2, 0.25) is 0 Å². The third kappa shape index (κ3) is 6.10. The minimum atomic E-state index is 0.609. The van der Waals surface area contributed by atoms with E-state index in [1.807, 2.05) is 4.68 Å². The molecule has 0 fully saturated rings. The van der Waals surface area contributed by atoms with E-state index in [-0.39, 0.29) is 0 Å². The number of aromatic nitrogens is 4. The van der Waals surface area contributed by atoms with Crippen LogP contribution < -0.4 is 5.73 Å². The van der Waals surface area contributed by atoms with Gasteiger partial charge < -0.3 is 5.73 Å². The third-order valence-corrected chi connectivity index (χ3v) is 3.20. The second-order valence-corrected chi connectivity index (χ2v) is 4.83. The predicted octanol–water partition coefficient (Wildman–Crippen LogP) is 2.31. The lowest BCUT2D eigenvalue weighted by atomic mass is 10.1. The molecule has 0 saturated heterocycles. The highest BCUT2D eigenvalue weighted by molar-refractivity contribution is 4.80. The van der Waals surface area contributed by atoms with E-state index < -0.39 is 0 Å². The second kappa shape index (κ2) is 10.00. The molecule has 0 unspecified atom stereocenters. The molecule has 1 rings (SSSR count). The number of tetrazole rings is 1. The summed E-state index contributed by atoms with van der Waals surface area (Å²) >= 11 is 0. The number of rotatable bonds is 11. The largest absolute Gasteiger partial charge is 0.330 e. The van der Waals surface area contributed by atoms with Gasteiger partial charge in [0, 0.05) is 13.0 Å². The van der Waals surface area contributed by atoms with Gasteiger partial charge in [0.25, 0.3) is 0 Å². The summed E-state index contributed by atoms with van der Waals surface area (Å²) in [5.74, 6) is 0.917. The third-order valence-electron chi connectivity index (χ3n) is 3.20. The van der Waals surface area contributed by atoms with Crippen molar-refractivity contribution in [1.82, 2.24) is 20.2 Å². The summed E-state index contributed by atoms with van der Waals surface area (Å²) in [6.07, 6.45) is 11.4. The van der Waals surface area contributed by atoms with Crippen LogP contribution in [0.25, 0.3) is 0 Å². The first kappa shape index (κ1) is 15.1. The lowest BCUT2D eigenvalue weighted by Gasteiger charge is -2.04. The molecule has 0 radical (unpaired) electrons. The van der Waals surface area contributed by atoms with Crippen molar-refractivity contribution < 1.29 is 0 Å². The highest BCUT2D eigenvalue weighted by atomic mass is 15.5. The monoisotopic (exact) mass is 253 g/mol. The summed E-state index contributed by atoms with van der Waals surface area (Å²) in [4.78, 5) is 0. The van der Waals surface area contributed by atoms with Gasteiger partial charge in [0.15, 0.2) is 5.82 Å². The van der Waals surface area contributed by atoms with Crippen LogP contribution in [-0.2, 0) is 13.0 Å². The van der Waals surface area contributed by atoms with Crippen molar-refractivity contribution in [2.45, 2.75) is 71.3 Å². The molecule has 0 spiro atoms. The van der Waals surface area contributed by atoms with Gasteiger partial charge in [0.05, 0.1) is 0 Å². The van der Waals surface area contributed by atoms with E-state index in [0.717, 1.165) is 25.2 Å². The quantitative estimate of drug-likeness (QED) is 0.614. The molecule has 1 aromatic heterocycles. The van der Waals surface area contributed by atoms with Crippen LogP contribution in [0.4, 0.5) is 0 Å². The average molecular weight is 253 g/mol. The fourth-order valence-corrected chi connectivity index (χ4v) is 2.10. The zero-order chi connectivity index (χ0) is 13.1. The van der Waals surface area contributed by atoms with Gasteiger partial charge in [-0.2, -0.15) is 0 Å². The summed E-state index contributed by atoms with van der Waals surface area (Å²) < 4.78 is 1.89. The van der Waals surface area contributed by atoms with E-state index in [0.29, 0.717) is 6.54 Å². The maximum absolute atomic E-state index is 5.51. The Balaban J connectivity index is 2.01. The summed E-state index contributed by atoms with van der Waals surface area (Å²) in [5.41, 5.74) is 5.51. The Morgan fingerprint density at radius 2 is 1.67 bits per heavy atom. The topological polar surface area (TPSA) is 69.6 Å². The minimum Gasteiger partial charge on any atom is -0.330 e. The molecular weight excluding hydrogens is 226 g/mol. The first-order chi connectivity index (χ1) is 8.88. The number of hydrogen-bond acceptors (Lipinski definition) is 4. The lowest BCUT2D eigenvalue weighted by Crippen LogP contribution is -2.11. The van der Waals surface area contributed by atoms with Gasteiger partial charge in [0.1, 0.15) is 0 Å². The van der Waals surface area contributed by atoms with E-state index in [1.165, 1.54) is 44.9 Å². The first-order valence-corrected chi connectivity index (χ1v) is 7.33. The zero-order valence-electron chi connectivity index (χ0n) is 11.6. The van der Waals surface area contributed by atoms with Gasteiger partial charge in [-0.05, 0) is 23.4 Å². The van der Waals surface area contributed by atoms with Crippen molar-refractivity contribution in [2.75, 3.05) is 6.54 Å². The molecule has 5 heteroatoms. The molecule has 0 aliphatic heterocycles. The van der Waals surface area contributed by atoms with Crippen LogP contribution in [0.3, 0.4) is 0 Å². The van der Waals surface area contributed by atoms with E-state index >= 15 is 0 Å².